The normalized spacial score (nSPS) is 12.6. The number of carboxylic acids is 1. The predicted octanol–water partition coefficient (Wildman–Crippen LogP) is -0.961. The highest BCUT2D eigenvalue weighted by molar-refractivity contribution is 5.71. The Morgan fingerprint density at radius 3 is 2.94 bits per heavy atom. The summed E-state index contributed by atoms with van der Waals surface area (Å²) >= 11 is 0. The van der Waals surface area contributed by atoms with Gasteiger partial charge in [-0.1, -0.05) is 0 Å². The summed E-state index contributed by atoms with van der Waals surface area (Å²) in [6.07, 6.45) is 1.40. The van der Waals surface area contributed by atoms with E-state index in [1.165, 1.54) is 6.33 Å². The first-order valence-corrected chi connectivity index (χ1v) is 5.03. The zero-order valence-corrected chi connectivity index (χ0v) is 8.78. The number of hydrogen-bond donors (Lipinski definition) is 3. The monoisotopic (exact) mass is 229 g/mol. The van der Waals surface area contributed by atoms with Crippen molar-refractivity contribution in [3.63, 3.8) is 0 Å². The van der Waals surface area contributed by atoms with Crippen molar-refractivity contribution in [2.45, 2.75) is 31.9 Å². The molecule has 7 nitrogen and oxygen atoms in total. The zero-order chi connectivity index (χ0) is 12.0. The van der Waals surface area contributed by atoms with Gasteiger partial charge in [0.25, 0.3) is 0 Å². The van der Waals surface area contributed by atoms with Crippen molar-refractivity contribution in [3.05, 3.63) is 12.2 Å². The van der Waals surface area contributed by atoms with Crippen LogP contribution in [0.3, 0.4) is 0 Å². The minimum absolute atomic E-state index is 0.0740. The highest BCUT2D eigenvalue weighted by Crippen LogP contribution is 2.03. The lowest BCUT2D eigenvalue weighted by Crippen LogP contribution is -2.21. The van der Waals surface area contributed by atoms with Gasteiger partial charge in [-0.2, -0.15) is 0 Å². The van der Waals surface area contributed by atoms with Gasteiger partial charge in [-0.05, 0) is 6.42 Å². The summed E-state index contributed by atoms with van der Waals surface area (Å²) in [5.41, 5.74) is 0. The molecule has 1 unspecified atom stereocenters. The van der Waals surface area contributed by atoms with Gasteiger partial charge in [0.2, 0.25) is 0 Å². The molecule has 1 heterocycles. The van der Waals surface area contributed by atoms with Crippen LogP contribution < -0.4 is 0 Å². The maximum absolute atomic E-state index is 10.4. The first-order chi connectivity index (χ1) is 7.65. The van der Waals surface area contributed by atoms with Crippen molar-refractivity contribution < 1.29 is 20.1 Å². The van der Waals surface area contributed by atoms with Crippen LogP contribution in [0.2, 0.25) is 0 Å². The highest BCUT2D eigenvalue weighted by atomic mass is 16.4. The van der Waals surface area contributed by atoms with Crippen molar-refractivity contribution in [1.29, 1.82) is 0 Å². The standard InChI is InChI=1S/C9H15N3O4/c13-5-1-2-8-11-10-6-12(8)4-3-7(14)9(15)16/h6-7,13-14H,1-5H2,(H,15,16). The largest absolute Gasteiger partial charge is 0.479 e. The number of aliphatic hydroxyl groups is 2. The van der Waals surface area contributed by atoms with Gasteiger partial charge in [-0.15, -0.1) is 10.2 Å². The highest BCUT2D eigenvalue weighted by Gasteiger charge is 2.13. The summed E-state index contributed by atoms with van der Waals surface area (Å²) in [6.45, 7) is 0.422. The first-order valence-electron chi connectivity index (χ1n) is 5.03. The van der Waals surface area contributed by atoms with Crippen molar-refractivity contribution >= 4 is 5.97 Å². The van der Waals surface area contributed by atoms with Gasteiger partial charge in [0.05, 0.1) is 0 Å². The molecule has 0 aromatic carbocycles. The molecule has 0 fully saturated rings. The van der Waals surface area contributed by atoms with Crippen molar-refractivity contribution in [2.75, 3.05) is 6.61 Å². The Hall–Kier alpha value is -1.47. The van der Waals surface area contributed by atoms with E-state index in [-0.39, 0.29) is 13.0 Å². The van der Waals surface area contributed by atoms with Crippen LogP contribution in [0.1, 0.15) is 18.7 Å². The Kier molecular flexibility index (Phi) is 4.87. The lowest BCUT2D eigenvalue weighted by molar-refractivity contribution is -0.147. The number of rotatable bonds is 7. The predicted molar refractivity (Wildman–Crippen MR) is 53.7 cm³/mol. The molecule has 0 amide bonds. The maximum Gasteiger partial charge on any atom is 0.332 e. The van der Waals surface area contributed by atoms with Crippen molar-refractivity contribution in [1.82, 2.24) is 14.8 Å². The van der Waals surface area contributed by atoms with E-state index in [1.54, 1.807) is 4.57 Å². The molecule has 1 aromatic heterocycles. The Morgan fingerprint density at radius 2 is 2.31 bits per heavy atom. The van der Waals surface area contributed by atoms with Crippen LogP contribution in [0, 0.1) is 0 Å². The Balaban J connectivity index is 2.47. The molecule has 0 radical (unpaired) electrons. The molecule has 1 aromatic rings. The fraction of sp³-hybridized carbons (Fsp3) is 0.667. The molecule has 7 heteroatoms. The van der Waals surface area contributed by atoms with Gasteiger partial charge >= 0.3 is 5.97 Å². The summed E-state index contributed by atoms with van der Waals surface area (Å²) < 4.78 is 1.68. The van der Waals surface area contributed by atoms with Crippen molar-refractivity contribution in [2.24, 2.45) is 0 Å². The number of carbonyl (C=O) groups is 1. The SMILES string of the molecule is O=C(O)C(O)CCn1cnnc1CCCO. The lowest BCUT2D eigenvalue weighted by atomic mass is 10.2. The maximum atomic E-state index is 10.4. The Morgan fingerprint density at radius 1 is 1.56 bits per heavy atom. The van der Waals surface area contributed by atoms with E-state index in [0.717, 1.165) is 0 Å². The average Bonchev–Trinajstić information content (AvgIpc) is 2.70. The molecule has 0 aliphatic rings. The molecular formula is C9H15N3O4. The Bertz CT molecular complexity index is 339. The molecule has 0 spiro atoms. The van der Waals surface area contributed by atoms with Crippen LogP contribution in [0.25, 0.3) is 0 Å². The van der Waals surface area contributed by atoms with Crippen LogP contribution in [0.5, 0.6) is 0 Å². The average molecular weight is 229 g/mol. The first kappa shape index (κ1) is 12.6. The second kappa shape index (κ2) is 6.19. The minimum atomic E-state index is -1.37. The quantitative estimate of drug-likeness (QED) is 0.555. The smallest absolute Gasteiger partial charge is 0.332 e. The number of hydrogen-bond acceptors (Lipinski definition) is 5. The van der Waals surface area contributed by atoms with E-state index >= 15 is 0 Å². The van der Waals surface area contributed by atoms with Gasteiger partial charge in [0.1, 0.15) is 12.2 Å². The topological polar surface area (TPSA) is 108 Å². The second-order valence-electron chi connectivity index (χ2n) is 3.41. The van der Waals surface area contributed by atoms with Crippen LogP contribution in [0.4, 0.5) is 0 Å². The summed E-state index contributed by atoms with van der Waals surface area (Å²) in [5, 5.41) is 33.8. The van der Waals surface area contributed by atoms with E-state index < -0.39 is 12.1 Å². The summed E-state index contributed by atoms with van der Waals surface area (Å²) in [7, 11) is 0. The number of aryl methyl sites for hydroxylation is 2. The molecule has 0 saturated carbocycles. The minimum Gasteiger partial charge on any atom is -0.479 e. The fourth-order valence-electron chi connectivity index (χ4n) is 1.28. The van der Waals surface area contributed by atoms with E-state index in [0.29, 0.717) is 25.2 Å². The van der Waals surface area contributed by atoms with E-state index in [9.17, 15) is 4.79 Å². The molecule has 16 heavy (non-hydrogen) atoms. The molecule has 0 aliphatic heterocycles. The van der Waals surface area contributed by atoms with Crippen LogP contribution >= 0.6 is 0 Å². The zero-order valence-electron chi connectivity index (χ0n) is 8.78. The van der Waals surface area contributed by atoms with Crippen molar-refractivity contribution in [3.8, 4) is 0 Å². The third kappa shape index (κ3) is 3.59. The third-order valence-corrected chi connectivity index (χ3v) is 2.18. The molecule has 1 rings (SSSR count). The van der Waals surface area contributed by atoms with Crippen LogP contribution in [0.15, 0.2) is 6.33 Å². The molecule has 90 valence electrons. The van der Waals surface area contributed by atoms with Crippen LogP contribution in [-0.2, 0) is 17.8 Å². The van der Waals surface area contributed by atoms with E-state index in [1.807, 2.05) is 0 Å². The third-order valence-electron chi connectivity index (χ3n) is 2.18. The number of carboxylic acid groups (broad SMARTS) is 1. The van der Waals surface area contributed by atoms with Gasteiger partial charge in [-0.25, -0.2) is 4.79 Å². The molecule has 0 bridgehead atoms. The van der Waals surface area contributed by atoms with Gasteiger partial charge in [0, 0.05) is 26.0 Å². The summed E-state index contributed by atoms with van der Waals surface area (Å²) in [4.78, 5) is 10.4. The van der Waals surface area contributed by atoms with E-state index in [2.05, 4.69) is 10.2 Å². The fourth-order valence-corrected chi connectivity index (χ4v) is 1.28. The second-order valence-corrected chi connectivity index (χ2v) is 3.41. The van der Waals surface area contributed by atoms with E-state index in [4.69, 9.17) is 15.3 Å². The number of aliphatic hydroxyl groups excluding tert-OH is 2. The summed E-state index contributed by atoms with van der Waals surface area (Å²) in [6, 6.07) is 0. The molecular weight excluding hydrogens is 214 g/mol. The molecule has 1 atom stereocenters. The van der Waals surface area contributed by atoms with Crippen LogP contribution in [-0.4, -0.2) is 48.8 Å². The molecule has 0 aliphatic carbocycles. The van der Waals surface area contributed by atoms with Gasteiger partial charge < -0.3 is 19.9 Å². The lowest BCUT2D eigenvalue weighted by Gasteiger charge is -2.08. The molecule has 0 saturated heterocycles. The number of aromatic nitrogens is 3. The number of aliphatic carboxylic acids is 1. The van der Waals surface area contributed by atoms with Gasteiger partial charge in [-0.3, -0.25) is 0 Å². The molecule has 3 N–H and O–H groups in total. The van der Waals surface area contributed by atoms with Gasteiger partial charge in [0.15, 0.2) is 6.10 Å². The Labute approximate surface area is 92.4 Å². The number of nitrogens with zero attached hydrogens (tertiary/aromatic N) is 3. The summed E-state index contributed by atoms with van der Waals surface area (Å²) in [5.74, 6) is -0.545.